The predicted octanol–water partition coefficient (Wildman–Crippen LogP) is 2.35. The van der Waals surface area contributed by atoms with E-state index in [1.54, 1.807) is 0 Å². The average molecular weight is 176 g/mol. The van der Waals surface area contributed by atoms with E-state index in [1.807, 2.05) is 24.3 Å². The summed E-state index contributed by atoms with van der Waals surface area (Å²) in [6.45, 7) is 0.817. The maximum Gasteiger partial charge on any atom is 0.150 e. The Bertz CT molecular complexity index is 301. The molecule has 1 aromatic carbocycles. The van der Waals surface area contributed by atoms with E-state index in [1.165, 1.54) is 0 Å². The molecule has 1 aliphatic rings. The van der Waals surface area contributed by atoms with Gasteiger partial charge in [0.15, 0.2) is 0 Å². The van der Waals surface area contributed by atoms with E-state index in [-0.39, 0.29) is 6.10 Å². The fourth-order valence-corrected chi connectivity index (χ4v) is 1.73. The van der Waals surface area contributed by atoms with Gasteiger partial charge in [0.2, 0.25) is 0 Å². The normalized spacial score (nSPS) is 21.7. The summed E-state index contributed by atoms with van der Waals surface area (Å²) in [5.74, 6) is 0. The molecular weight excluding hydrogens is 164 g/mol. The maximum absolute atomic E-state index is 10.7. The van der Waals surface area contributed by atoms with E-state index in [4.69, 9.17) is 4.74 Å². The Morgan fingerprint density at radius 3 is 2.92 bits per heavy atom. The van der Waals surface area contributed by atoms with Gasteiger partial charge in [0, 0.05) is 12.2 Å². The molecule has 2 rings (SSSR count). The second-order valence-corrected chi connectivity index (χ2v) is 3.25. The molecule has 1 aromatic rings. The SMILES string of the molecule is O=Cc1ccccc1C1CCCO1. The summed E-state index contributed by atoms with van der Waals surface area (Å²) in [5, 5.41) is 0. The van der Waals surface area contributed by atoms with E-state index in [2.05, 4.69) is 0 Å². The van der Waals surface area contributed by atoms with Crippen molar-refractivity contribution < 1.29 is 9.53 Å². The highest BCUT2D eigenvalue weighted by atomic mass is 16.5. The van der Waals surface area contributed by atoms with Crippen LogP contribution in [0.5, 0.6) is 0 Å². The number of hydrogen-bond acceptors (Lipinski definition) is 2. The molecule has 0 amide bonds. The van der Waals surface area contributed by atoms with Crippen LogP contribution in [0.1, 0.15) is 34.9 Å². The highest BCUT2D eigenvalue weighted by Gasteiger charge is 2.19. The van der Waals surface area contributed by atoms with Crippen LogP contribution in [0.3, 0.4) is 0 Å². The quantitative estimate of drug-likeness (QED) is 0.646. The molecule has 68 valence electrons. The molecular formula is C11H12O2. The van der Waals surface area contributed by atoms with Crippen LogP contribution in [-0.4, -0.2) is 12.9 Å². The molecule has 0 aromatic heterocycles. The minimum Gasteiger partial charge on any atom is -0.374 e. The van der Waals surface area contributed by atoms with E-state index >= 15 is 0 Å². The Kier molecular flexibility index (Phi) is 2.41. The lowest BCUT2D eigenvalue weighted by atomic mass is 10.0. The summed E-state index contributed by atoms with van der Waals surface area (Å²) in [5.41, 5.74) is 1.80. The minimum absolute atomic E-state index is 0.140. The van der Waals surface area contributed by atoms with Crippen LogP contribution in [0.4, 0.5) is 0 Å². The zero-order valence-corrected chi connectivity index (χ0v) is 7.40. The van der Waals surface area contributed by atoms with Gasteiger partial charge in [-0.25, -0.2) is 0 Å². The summed E-state index contributed by atoms with van der Waals surface area (Å²) in [6.07, 6.45) is 3.17. The molecule has 13 heavy (non-hydrogen) atoms. The maximum atomic E-state index is 10.7. The lowest BCUT2D eigenvalue weighted by Gasteiger charge is -2.11. The molecule has 1 unspecified atom stereocenters. The van der Waals surface area contributed by atoms with Crippen LogP contribution in [0.2, 0.25) is 0 Å². The Morgan fingerprint density at radius 1 is 1.38 bits per heavy atom. The number of ether oxygens (including phenoxy) is 1. The standard InChI is InChI=1S/C11H12O2/c12-8-9-4-1-2-5-10(9)11-6-3-7-13-11/h1-2,4-5,8,11H,3,6-7H2. The number of carbonyl (C=O) groups excluding carboxylic acids is 1. The molecule has 1 atom stereocenters. The Morgan fingerprint density at radius 2 is 2.23 bits per heavy atom. The first kappa shape index (κ1) is 8.45. The predicted molar refractivity (Wildman–Crippen MR) is 49.8 cm³/mol. The van der Waals surface area contributed by atoms with Gasteiger partial charge in [0.1, 0.15) is 6.29 Å². The molecule has 1 heterocycles. The summed E-state index contributed by atoms with van der Waals surface area (Å²) < 4.78 is 5.52. The summed E-state index contributed by atoms with van der Waals surface area (Å²) in [4.78, 5) is 10.7. The number of carbonyl (C=O) groups is 1. The third-order valence-electron chi connectivity index (χ3n) is 2.40. The molecule has 0 saturated carbocycles. The molecule has 0 N–H and O–H groups in total. The fourth-order valence-electron chi connectivity index (χ4n) is 1.73. The lowest BCUT2D eigenvalue weighted by Crippen LogP contribution is -1.99. The monoisotopic (exact) mass is 176 g/mol. The zero-order chi connectivity index (χ0) is 9.10. The van der Waals surface area contributed by atoms with Crippen molar-refractivity contribution in [1.29, 1.82) is 0 Å². The van der Waals surface area contributed by atoms with Crippen LogP contribution < -0.4 is 0 Å². The summed E-state index contributed by atoms with van der Waals surface area (Å²) >= 11 is 0. The molecule has 1 saturated heterocycles. The molecule has 1 aliphatic heterocycles. The van der Waals surface area contributed by atoms with Crippen LogP contribution >= 0.6 is 0 Å². The first-order valence-electron chi connectivity index (χ1n) is 4.57. The molecule has 0 aliphatic carbocycles. The second kappa shape index (κ2) is 3.71. The van der Waals surface area contributed by atoms with Gasteiger partial charge in [-0.2, -0.15) is 0 Å². The van der Waals surface area contributed by atoms with Crippen molar-refractivity contribution in [3.63, 3.8) is 0 Å². The van der Waals surface area contributed by atoms with E-state index < -0.39 is 0 Å². The van der Waals surface area contributed by atoms with Crippen molar-refractivity contribution in [3.8, 4) is 0 Å². The highest BCUT2D eigenvalue weighted by molar-refractivity contribution is 5.77. The van der Waals surface area contributed by atoms with Gasteiger partial charge in [-0.3, -0.25) is 4.79 Å². The number of rotatable bonds is 2. The van der Waals surface area contributed by atoms with Crippen LogP contribution in [0.25, 0.3) is 0 Å². The van der Waals surface area contributed by atoms with Crippen LogP contribution in [0.15, 0.2) is 24.3 Å². The van der Waals surface area contributed by atoms with Gasteiger partial charge in [-0.15, -0.1) is 0 Å². The smallest absolute Gasteiger partial charge is 0.150 e. The van der Waals surface area contributed by atoms with Crippen molar-refractivity contribution in [2.75, 3.05) is 6.61 Å². The van der Waals surface area contributed by atoms with Crippen molar-refractivity contribution in [2.45, 2.75) is 18.9 Å². The van der Waals surface area contributed by atoms with Gasteiger partial charge in [-0.1, -0.05) is 24.3 Å². The van der Waals surface area contributed by atoms with Gasteiger partial charge in [0.25, 0.3) is 0 Å². The topological polar surface area (TPSA) is 26.3 Å². The Labute approximate surface area is 77.5 Å². The van der Waals surface area contributed by atoms with Gasteiger partial charge in [0.05, 0.1) is 6.10 Å². The zero-order valence-electron chi connectivity index (χ0n) is 7.40. The number of aldehydes is 1. The third-order valence-corrected chi connectivity index (χ3v) is 2.40. The van der Waals surface area contributed by atoms with E-state index in [9.17, 15) is 4.79 Å². The number of hydrogen-bond donors (Lipinski definition) is 0. The fraction of sp³-hybridized carbons (Fsp3) is 0.364. The van der Waals surface area contributed by atoms with E-state index in [0.717, 1.165) is 36.9 Å². The molecule has 0 spiro atoms. The average Bonchev–Trinajstić information content (AvgIpc) is 2.70. The van der Waals surface area contributed by atoms with Crippen molar-refractivity contribution >= 4 is 6.29 Å². The van der Waals surface area contributed by atoms with Gasteiger partial charge >= 0.3 is 0 Å². The van der Waals surface area contributed by atoms with E-state index in [0.29, 0.717) is 0 Å². The van der Waals surface area contributed by atoms with Crippen LogP contribution in [0, 0.1) is 0 Å². The third kappa shape index (κ3) is 1.63. The second-order valence-electron chi connectivity index (χ2n) is 3.25. The van der Waals surface area contributed by atoms with Gasteiger partial charge < -0.3 is 4.74 Å². The Balaban J connectivity index is 2.31. The molecule has 2 nitrogen and oxygen atoms in total. The van der Waals surface area contributed by atoms with Crippen molar-refractivity contribution in [2.24, 2.45) is 0 Å². The van der Waals surface area contributed by atoms with Crippen LogP contribution in [-0.2, 0) is 4.74 Å². The first-order chi connectivity index (χ1) is 6.42. The molecule has 2 heteroatoms. The number of benzene rings is 1. The summed E-state index contributed by atoms with van der Waals surface area (Å²) in [7, 11) is 0. The minimum atomic E-state index is 0.140. The lowest BCUT2D eigenvalue weighted by molar-refractivity contribution is 0.106. The van der Waals surface area contributed by atoms with Crippen molar-refractivity contribution in [1.82, 2.24) is 0 Å². The Hall–Kier alpha value is -1.15. The molecule has 0 radical (unpaired) electrons. The summed E-state index contributed by atoms with van der Waals surface area (Å²) in [6, 6.07) is 7.63. The largest absolute Gasteiger partial charge is 0.374 e. The molecule has 1 fully saturated rings. The van der Waals surface area contributed by atoms with Crippen molar-refractivity contribution in [3.05, 3.63) is 35.4 Å². The highest BCUT2D eigenvalue weighted by Crippen LogP contribution is 2.29. The molecule has 0 bridgehead atoms. The first-order valence-corrected chi connectivity index (χ1v) is 4.57. The van der Waals surface area contributed by atoms with Gasteiger partial charge in [-0.05, 0) is 18.4 Å².